The fourth-order valence-corrected chi connectivity index (χ4v) is 2.52. The third kappa shape index (κ3) is 2.89. The molecule has 1 heterocycles. The minimum Gasteiger partial charge on any atom is -0.507 e. The summed E-state index contributed by atoms with van der Waals surface area (Å²) in [5, 5.41) is 10.6. The summed E-state index contributed by atoms with van der Waals surface area (Å²) < 4.78 is 0. The number of H-pyrrole nitrogens is 1. The second kappa shape index (κ2) is 6.22. The number of nitrogens with zero attached hydrogens (tertiary/aromatic N) is 1. The Hall–Kier alpha value is -3.05. The van der Waals surface area contributed by atoms with Gasteiger partial charge in [0.25, 0.3) is 0 Å². The summed E-state index contributed by atoms with van der Waals surface area (Å²) in [4.78, 5) is 7.74. The van der Waals surface area contributed by atoms with Gasteiger partial charge in [-0.1, -0.05) is 24.8 Å². The van der Waals surface area contributed by atoms with E-state index in [1.807, 2.05) is 30.3 Å². The monoisotopic (exact) mass is 320 g/mol. The number of nitrogens with one attached hydrogen (secondary N) is 1. The molecule has 3 aromatic rings. The van der Waals surface area contributed by atoms with Crippen LogP contribution in [0.25, 0.3) is 22.2 Å². The zero-order chi connectivity index (χ0) is 17.3. The molecule has 24 heavy (non-hydrogen) atoms. The summed E-state index contributed by atoms with van der Waals surface area (Å²) in [5.41, 5.74) is 16.7. The number of benzene rings is 2. The first kappa shape index (κ1) is 15.8. The van der Waals surface area contributed by atoms with E-state index >= 15 is 0 Å². The van der Waals surface area contributed by atoms with E-state index in [1.165, 1.54) is 0 Å². The van der Waals surface area contributed by atoms with Gasteiger partial charge in [0.15, 0.2) is 0 Å². The average Bonchev–Trinajstić information content (AvgIpc) is 3.03. The van der Waals surface area contributed by atoms with Crippen LogP contribution in [0.5, 0.6) is 0 Å². The third-order valence-corrected chi connectivity index (χ3v) is 4.04. The Kier molecular flexibility index (Phi) is 4.10. The van der Waals surface area contributed by atoms with Crippen molar-refractivity contribution in [2.75, 3.05) is 5.73 Å². The van der Waals surface area contributed by atoms with Crippen LogP contribution in [-0.4, -0.2) is 15.1 Å². The van der Waals surface area contributed by atoms with E-state index in [0.29, 0.717) is 29.2 Å². The van der Waals surface area contributed by atoms with Crippen LogP contribution in [0.3, 0.4) is 0 Å². The number of rotatable bonds is 4. The number of aliphatic hydroxyl groups is 1. The normalized spacial score (nSPS) is 12.2. The number of aromatic nitrogens is 2. The molecule has 0 saturated carbocycles. The van der Waals surface area contributed by atoms with Crippen LogP contribution in [0.4, 0.5) is 5.69 Å². The molecule has 1 aromatic heterocycles. The van der Waals surface area contributed by atoms with Crippen LogP contribution in [-0.2, 0) is 6.54 Å². The van der Waals surface area contributed by atoms with Crippen molar-refractivity contribution in [2.24, 2.45) is 5.73 Å². The molecule has 0 aliphatic carbocycles. The summed E-state index contributed by atoms with van der Waals surface area (Å²) in [6.07, 6.45) is 0. The molecule has 5 nitrogen and oxygen atoms in total. The minimum absolute atomic E-state index is 0.0953. The Balaban J connectivity index is 1.99. The van der Waals surface area contributed by atoms with Gasteiger partial charge in [-0.3, -0.25) is 0 Å². The van der Waals surface area contributed by atoms with Crippen molar-refractivity contribution in [3.05, 3.63) is 71.8 Å². The van der Waals surface area contributed by atoms with Gasteiger partial charge in [0.05, 0.1) is 11.0 Å². The van der Waals surface area contributed by atoms with Gasteiger partial charge in [-0.2, -0.15) is 0 Å². The quantitative estimate of drug-likeness (QED) is 0.335. The first-order valence-corrected chi connectivity index (χ1v) is 7.63. The fraction of sp³-hybridized carbons (Fsp3) is 0.105. The number of nitrogen functional groups attached to an aromatic ring is 1. The summed E-state index contributed by atoms with van der Waals surface area (Å²) in [6.45, 7) is 6.25. The van der Waals surface area contributed by atoms with Crippen LogP contribution in [0.15, 0.2) is 54.8 Å². The van der Waals surface area contributed by atoms with Crippen molar-refractivity contribution < 1.29 is 5.11 Å². The van der Waals surface area contributed by atoms with Crippen LogP contribution in [0, 0.1) is 0 Å². The molecule has 0 fully saturated rings. The molecule has 0 aliphatic rings. The van der Waals surface area contributed by atoms with E-state index in [4.69, 9.17) is 11.5 Å². The van der Waals surface area contributed by atoms with Gasteiger partial charge in [0, 0.05) is 23.4 Å². The highest BCUT2D eigenvalue weighted by atomic mass is 16.3. The van der Waals surface area contributed by atoms with Crippen LogP contribution < -0.4 is 11.5 Å². The number of aliphatic hydroxyl groups excluding tert-OH is 1. The second-order valence-corrected chi connectivity index (χ2v) is 5.72. The predicted molar refractivity (Wildman–Crippen MR) is 99.1 cm³/mol. The molecule has 3 rings (SSSR count). The van der Waals surface area contributed by atoms with Crippen molar-refractivity contribution >= 4 is 27.9 Å². The number of nitrogens with two attached hydrogens (primary N) is 2. The molecule has 0 atom stereocenters. The molecule has 2 aromatic carbocycles. The maximum Gasteiger partial charge on any atom is 0.137 e. The summed E-state index contributed by atoms with van der Waals surface area (Å²) in [6, 6.07) is 13.0. The van der Waals surface area contributed by atoms with Crippen molar-refractivity contribution in [3.63, 3.8) is 0 Å². The Labute approximate surface area is 140 Å². The van der Waals surface area contributed by atoms with Gasteiger partial charge in [0.1, 0.15) is 11.6 Å². The first-order valence-electron chi connectivity index (χ1n) is 7.63. The first-order chi connectivity index (χ1) is 11.5. The van der Waals surface area contributed by atoms with Crippen LogP contribution >= 0.6 is 0 Å². The summed E-state index contributed by atoms with van der Waals surface area (Å²) >= 11 is 0. The second-order valence-electron chi connectivity index (χ2n) is 5.72. The van der Waals surface area contributed by atoms with Crippen molar-refractivity contribution in [3.8, 4) is 0 Å². The Morgan fingerprint density at radius 3 is 2.58 bits per heavy atom. The molecule has 0 unspecified atom stereocenters. The van der Waals surface area contributed by atoms with Gasteiger partial charge in [0.2, 0.25) is 0 Å². The molecule has 5 heteroatoms. The molecule has 122 valence electrons. The summed E-state index contributed by atoms with van der Waals surface area (Å²) in [7, 11) is 0. The van der Waals surface area contributed by atoms with Gasteiger partial charge in [-0.05, 0) is 42.3 Å². The Bertz CT molecular complexity index is 936. The molecule has 0 bridgehead atoms. The molecular formula is C19H20N4O. The average molecular weight is 320 g/mol. The third-order valence-electron chi connectivity index (χ3n) is 4.04. The zero-order valence-electron chi connectivity index (χ0n) is 13.5. The van der Waals surface area contributed by atoms with E-state index < -0.39 is 0 Å². The highest BCUT2D eigenvalue weighted by Crippen LogP contribution is 2.27. The van der Waals surface area contributed by atoms with E-state index in [2.05, 4.69) is 16.5 Å². The lowest BCUT2D eigenvalue weighted by atomic mass is 10.0. The largest absolute Gasteiger partial charge is 0.507 e. The molecule has 0 aliphatic heterocycles. The minimum atomic E-state index is 0.0953. The lowest BCUT2D eigenvalue weighted by Crippen LogP contribution is -1.95. The molecule has 0 spiro atoms. The van der Waals surface area contributed by atoms with Crippen LogP contribution in [0.1, 0.15) is 23.9 Å². The van der Waals surface area contributed by atoms with Gasteiger partial charge in [-0.25, -0.2) is 4.98 Å². The van der Waals surface area contributed by atoms with Crippen molar-refractivity contribution in [2.45, 2.75) is 13.5 Å². The topological polar surface area (TPSA) is 101 Å². The van der Waals surface area contributed by atoms with E-state index in [9.17, 15) is 5.11 Å². The van der Waals surface area contributed by atoms with Crippen molar-refractivity contribution in [1.29, 1.82) is 0 Å². The van der Waals surface area contributed by atoms with Crippen molar-refractivity contribution in [1.82, 2.24) is 9.97 Å². The Morgan fingerprint density at radius 2 is 1.92 bits per heavy atom. The van der Waals surface area contributed by atoms with Gasteiger partial charge >= 0.3 is 0 Å². The summed E-state index contributed by atoms with van der Waals surface area (Å²) in [5.74, 6) is 0.700. The van der Waals surface area contributed by atoms with Gasteiger partial charge in [-0.15, -0.1) is 0 Å². The highest BCUT2D eigenvalue weighted by Gasteiger charge is 2.13. The number of imidazole rings is 1. The Morgan fingerprint density at radius 1 is 1.21 bits per heavy atom. The molecule has 0 amide bonds. The maximum absolute atomic E-state index is 10.6. The van der Waals surface area contributed by atoms with E-state index in [-0.39, 0.29) is 5.76 Å². The number of allylic oxidation sites excluding steroid dienone is 2. The number of anilines is 1. The number of hydrogen-bond acceptors (Lipinski definition) is 4. The SMILES string of the molecule is C=C(/C(O)=C(\C)c1nc2ccc(CN)cc2[nH]1)c1ccc(N)cc1. The highest BCUT2D eigenvalue weighted by molar-refractivity contribution is 5.86. The predicted octanol–water partition coefficient (Wildman–Crippen LogP) is 3.61. The maximum atomic E-state index is 10.6. The smallest absolute Gasteiger partial charge is 0.137 e. The lowest BCUT2D eigenvalue weighted by Gasteiger charge is -2.08. The molecule has 6 N–H and O–H groups in total. The zero-order valence-corrected chi connectivity index (χ0v) is 13.5. The van der Waals surface area contributed by atoms with Gasteiger partial charge < -0.3 is 21.6 Å². The number of fused-ring (bicyclic) bond motifs is 1. The standard InChI is InChI=1S/C19H20N4O/c1-11(14-4-6-15(21)7-5-14)18(24)12(2)19-22-16-8-3-13(10-20)9-17(16)23-19/h3-9,24H,1,10,20-21H2,2H3,(H,22,23)/b18-12-. The molecule has 0 saturated heterocycles. The number of aromatic amines is 1. The lowest BCUT2D eigenvalue weighted by molar-refractivity contribution is 0.440. The van der Waals surface area contributed by atoms with E-state index in [0.717, 1.165) is 22.2 Å². The van der Waals surface area contributed by atoms with Crippen LogP contribution in [0.2, 0.25) is 0 Å². The molecular weight excluding hydrogens is 300 g/mol. The van der Waals surface area contributed by atoms with E-state index in [1.54, 1.807) is 19.1 Å². The fourth-order valence-electron chi connectivity index (χ4n) is 2.52. The molecule has 0 radical (unpaired) electrons. The number of hydrogen-bond donors (Lipinski definition) is 4.